The van der Waals surface area contributed by atoms with Gasteiger partial charge in [0.05, 0.1) is 23.1 Å². The Morgan fingerprint density at radius 1 is 1.32 bits per heavy atom. The maximum atomic E-state index is 14.0. The number of aromatic nitrogens is 1. The van der Waals surface area contributed by atoms with Gasteiger partial charge in [0, 0.05) is 0 Å². The molecule has 0 atom stereocenters. The number of amides is 1. The number of hydrogen-bond acceptors (Lipinski definition) is 6. The Labute approximate surface area is 144 Å². The number of nitrogens with two attached hydrogens (primary N) is 1. The summed E-state index contributed by atoms with van der Waals surface area (Å²) in [5.74, 6) is -3.92. The van der Waals surface area contributed by atoms with E-state index in [1.54, 1.807) is 0 Å². The number of carbonyl (C=O) groups excluding carboxylic acids is 1. The van der Waals surface area contributed by atoms with Crippen molar-refractivity contribution in [3.05, 3.63) is 35.5 Å². The Kier molecular flexibility index (Phi) is 5.48. The van der Waals surface area contributed by atoms with Gasteiger partial charge in [0.25, 0.3) is 10.0 Å². The van der Waals surface area contributed by atoms with Crippen LogP contribution in [0.1, 0.15) is 0 Å². The smallest absolute Gasteiger partial charge is 0.262 e. The number of halogens is 2. The summed E-state index contributed by atoms with van der Waals surface area (Å²) in [6.07, 6.45) is 1.24. The quantitative estimate of drug-likeness (QED) is 0.361. The third kappa shape index (κ3) is 4.84. The molecule has 9 nitrogen and oxygen atoms in total. The van der Waals surface area contributed by atoms with E-state index < -0.39 is 50.7 Å². The zero-order valence-corrected chi connectivity index (χ0v) is 14.0. The van der Waals surface area contributed by atoms with Crippen LogP contribution in [0.2, 0.25) is 0 Å². The first kappa shape index (κ1) is 18.5. The van der Waals surface area contributed by atoms with Gasteiger partial charge < -0.3 is 16.4 Å². The van der Waals surface area contributed by atoms with Crippen molar-refractivity contribution in [2.24, 2.45) is 5.73 Å². The third-order valence-corrected chi connectivity index (χ3v) is 4.86. The molecule has 0 aliphatic heterocycles. The number of nitrogens with zero attached hydrogens (tertiary/aromatic N) is 1. The molecule has 0 fully saturated rings. The standard InChI is InChI=1S/C12H12F2N6O3S2/c13-7-1-6(25(22,23)20-10-4-17-5-24-10)2-8(14)11(7)19-9(21)3-18-12(15)16/h1-2,4-5,20H,3H2,(H,19,21)(H4,15,16,18). The molecule has 0 unspecified atom stereocenters. The highest BCUT2D eigenvalue weighted by Gasteiger charge is 2.21. The number of thiazole rings is 1. The van der Waals surface area contributed by atoms with Gasteiger partial charge in [-0.05, 0) is 12.1 Å². The van der Waals surface area contributed by atoms with E-state index in [9.17, 15) is 22.0 Å². The molecular weight excluding hydrogens is 378 g/mol. The fourth-order valence-corrected chi connectivity index (χ4v) is 3.47. The highest BCUT2D eigenvalue weighted by Crippen LogP contribution is 2.25. The summed E-state index contributed by atoms with van der Waals surface area (Å²) < 4.78 is 54.4. The van der Waals surface area contributed by atoms with Gasteiger partial charge in [-0.15, -0.1) is 11.3 Å². The average molecular weight is 390 g/mol. The summed E-state index contributed by atoms with van der Waals surface area (Å²) in [6.45, 7) is -0.485. The van der Waals surface area contributed by atoms with Gasteiger partial charge in [-0.3, -0.25) is 19.9 Å². The fraction of sp³-hybridized carbons (Fsp3) is 0.0833. The van der Waals surface area contributed by atoms with Crippen LogP contribution in [0.25, 0.3) is 0 Å². The van der Waals surface area contributed by atoms with Gasteiger partial charge >= 0.3 is 0 Å². The van der Waals surface area contributed by atoms with Gasteiger partial charge in [-0.25, -0.2) is 17.2 Å². The molecule has 2 rings (SSSR count). The molecule has 134 valence electrons. The van der Waals surface area contributed by atoms with Crippen LogP contribution in [-0.2, 0) is 14.8 Å². The Morgan fingerprint density at radius 2 is 1.96 bits per heavy atom. The van der Waals surface area contributed by atoms with E-state index in [4.69, 9.17) is 11.1 Å². The second kappa shape index (κ2) is 7.40. The molecule has 1 aromatic carbocycles. The highest BCUT2D eigenvalue weighted by molar-refractivity contribution is 7.93. The van der Waals surface area contributed by atoms with E-state index in [1.165, 1.54) is 11.7 Å². The molecule has 0 bridgehead atoms. The summed E-state index contributed by atoms with van der Waals surface area (Å²) in [5.41, 5.74) is 5.55. The molecule has 6 N–H and O–H groups in total. The molecule has 0 spiro atoms. The Morgan fingerprint density at radius 3 is 2.48 bits per heavy atom. The second-order valence-electron chi connectivity index (χ2n) is 4.55. The lowest BCUT2D eigenvalue weighted by atomic mass is 10.3. The van der Waals surface area contributed by atoms with Crippen molar-refractivity contribution in [2.45, 2.75) is 4.90 Å². The maximum Gasteiger partial charge on any atom is 0.262 e. The van der Waals surface area contributed by atoms with E-state index in [1.807, 2.05) is 5.32 Å². The van der Waals surface area contributed by atoms with E-state index in [2.05, 4.69) is 15.0 Å². The normalized spacial score (nSPS) is 11.0. The van der Waals surface area contributed by atoms with Crippen molar-refractivity contribution in [1.29, 1.82) is 5.41 Å². The number of sulfonamides is 1. The largest absolute Gasteiger partial charge is 0.370 e. The number of anilines is 2. The molecular formula is C12H12F2N6O3S2. The van der Waals surface area contributed by atoms with Crippen LogP contribution in [-0.4, -0.2) is 31.8 Å². The first-order valence-electron chi connectivity index (χ1n) is 6.47. The summed E-state index contributed by atoms with van der Waals surface area (Å²) >= 11 is 0.992. The summed E-state index contributed by atoms with van der Waals surface area (Å²) in [6, 6.07) is 1.14. The summed E-state index contributed by atoms with van der Waals surface area (Å²) in [7, 11) is -4.22. The number of nitrogens with one attached hydrogen (secondary N) is 4. The van der Waals surface area contributed by atoms with Crippen LogP contribution in [0, 0.1) is 17.0 Å². The van der Waals surface area contributed by atoms with Crippen LogP contribution >= 0.6 is 11.3 Å². The zero-order valence-electron chi connectivity index (χ0n) is 12.3. The van der Waals surface area contributed by atoms with E-state index in [0.717, 1.165) is 11.3 Å². The van der Waals surface area contributed by atoms with Crippen molar-refractivity contribution < 1.29 is 22.0 Å². The predicted molar refractivity (Wildman–Crippen MR) is 87.8 cm³/mol. The minimum absolute atomic E-state index is 0.175. The van der Waals surface area contributed by atoms with Crippen LogP contribution in [0.4, 0.5) is 19.5 Å². The first-order chi connectivity index (χ1) is 11.7. The van der Waals surface area contributed by atoms with Crippen molar-refractivity contribution in [1.82, 2.24) is 10.3 Å². The van der Waals surface area contributed by atoms with Crippen LogP contribution < -0.4 is 21.1 Å². The lowest BCUT2D eigenvalue weighted by molar-refractivity contribution is -0.115. The average Bonchev–Trinajstić information content (AvgIpc) is 3.00. The molecule has 2 aromatic rings. The monoisotopic (exact) mass is 390 g/mol. The SMILES string of the molecule is N=C(N)NCC(=O)Nc1c(F)cc(S(=O)(=O)Nc2cncs2)cc1F. The van der Waals surface area contributed by atoms with Crippen LogP contribution in [0.3, 0.4) is 0 Å². The van der Waals surface area contributed by atoms with Gasteiger partial charge in [0.2, 0.25) is 5.91 Å². The van der Waals surface area contributed by atoms with Gasteiger partial charge in [-0.2, -0.15) is 0 Å². The van der Waals surface area contributed by atoms with E-state index in [-0.39, 0.29) is 5.00 Å². The molecule has 1 aromatic heterocycles. The van der Waals surface area contributed by atoms with Gasteiger partial charge in [-0.1, -0.05) is 0 Å². The van der Waals surface area contributed by atoms with Gasteiger partial charge in [0.1, 0.15) is 10.7 Å². The number of rotatable bonds is 6. The molecule has 13 heteroatoms. The van der Waals surface area contributed by atoms with Gasteiger partial charge in [0.15, 0.2) is 17.6 Å². The first-order valence-corrected chi connectivity index (χ1v) is 8.83. The lowest BCUT2D eigenvalue weighted by Crippen LogP contribution is -2.37. The van der Waals surface area contributed by atoms with Crippen LogP contribution in [0.15, 0.2) is 28.7 Å². The van der Waals surface area contributed by atoms with Crippen LogP contribution in [0.5, 0.6) is 0 Å². The molecule has 0 saturated carbocycles. The number of carbonyl (C=O) groups is 1. The Balaban J connectivity index is 2.21. The number of hydrogen-bond donors (Lipinski definition) is 5. The molecule has 1 amide bonds. The topological polar surface area (TPSA) is 150 Å². The predicted octanol–water partition coefficient (Wildman–Crippen LogP) is 0.644. The molecule has 0 saturated heterocycles. The number of guanidine groups is 1. The summed E-state index contributed by atoms with van der Waals surface area (Å²) in [4.78, 5) is 14.5. The summed E-state index contributed by atoms with van der Waals surface area (Å²) in [5, 5.41) is 11.2. The number of benzene rings is 1. The molecule has 1 heterocycles. The van der Waals surface area contributed by atoms with Crippen molar-refractivity contribution in [3.8, 4) is 0 Å². The zero-order chi connectivity index (χ0) is 18.6. The second-order valence-corrected chi connectivity index (χ2v) is 7.12. The Bertz CT molecular complexity index is 879. The van der Waals surface area contributed by atoms with Crippen molar-refractivity contribution in [2.75, 3.05) is 16.6 Å². The minimum atomic E-state index is -4.22. The lowest BCUT2D eigenvalue weighted by Gasteiger charge is -2.11. The molecule has 25 heavy (non-hydrogen) atoms. The van der Waals surface area contributed by atoms with E-state index in [0.29, 0.717) is 12.1 Å². The Hall–Kier alpha value is -2.80. The molecule has 0 radical (unpaired) electrons. The van der Waals surface area contributed by atoms with Crippen molar-refractivity contribution >= 4 is 43.9 Å². The van der Waals surface area contributed by atoms with Crippen molar-refractivity contribution in [3.63, 3.8) is 0 Å². The molecule has 0 aliphatic carbocycles. The molecule has 0 aliphatic rings. The van der Waals surface area contributed by atoms with E-state index >= 15 is 0 Å². The third-order valence-electron chi connectivity index (χ3n) is 2.70. The fourth-order valence-electron chi connectivity index (χ4n) is 1.64. The maximum absolute atomic E-state index is 14.0. The highest BCUT2D eigenvalue weighted by atomic mass is 32.2. The minimum Gasteiger partial charge on any atom is -0.370 e.